The van der Waals surface area contributed by atoms with E-state index in [0.29, 0.717) is 0 Å². The number of hydrogen-bond donors (Lipinski definition) is 0. The lowest BCUT2D eigenvalue weighted by Crippen LogP contribution is -1.97. The Bertz CT molecular complexity index is 454. The van der Waals surface area contributed by atoms with Gasteiger partial charge in [-0.3, -0.25) is 0 Å². The minimum atomic E-state index is 0.722. The van der Waals surface area contributed by atoms with Gasteiger partial charge < -0.3 is 9.47 Å². The monoisotopic (exact) mass is 305 g/mol. The summed E-state index contributed by atoms with van der Waals surface area (Å²) in [5.74, 6) is 2.47. The highest BCUT2D eigenvalue weighted by Gasteiger charge is 1.98. The summed E-state index contributed by atoms with van der Waals surface area (Å²) in [5.41, 5.74) is 0. The number of hydrogen-bond acceptors (Lipinski definition) is 2. The number of benzene rings is 2. The predicted octanol–water partition coefficient (Wildman–Crippen LogP) is 4.44. The smallest absolute Gasteiger partial charge is 0.127 e. The fourth-order valence-electron chi connectivity index (χ4n) is 1.42. The second-order valence-electron chi connectivity index (χ2n) is 3.70. The van der Waals surface area contributed by atoms with E-state index in [1.807, 2.05) is 48.5 Å². The Morgan fingerprint density at radius 1 is 0.889 bits per heavy atom. The Kier molecular flexibility index (Phi) is 5.09. The second-order valence-corrected chi connectivity index (χ2v) is 4.49. The molecule has 0 amide bonds. The maximum Gasteiger partial charge on any atom is 0.127 e. The van der Waals surface area contributed by atoms with Crippen LogP contribution >= 0.6 is 15.9 Å². The summed E-state index contributed by atoms with van der Waals surface area (Å²) in [7, 11) is 0. The SMILES string of the molecule is BrCCCOc1ccc(Oc2cc[c]cc2)cc1. The van der Waals surface area contributed by atoms with E-state index in [9.17, 15) is 0 Å². The van der Waals surface area contributed by atoms with Gasteiger partial charge in [0, 0.05) is 5.33 Å². The number of halogens is 1. The molecule has 0 saturated carbocycles. The van der Waals surface area contributed by atoms with Crippen molar-refractivity contribution >= 4 is 15.9 Å². The summed E-state index contributed by atoms with van der Waals surface area (Å²) in [6.45, 7) is 0.722. The molecule has 0 unspecified atom stereocenters. The van der Waals surface area contributed by atoms with Crippen LogP contribution in [0.3, 0.4) is 0 Å². The highest BCUT2D eigenvalue weighted by atomic mass is 79.9. The zero-order chi connectivity index (χ0) is 12.6. The van der Waals surface area contributed by atoms with Crippen molar-refractivity contribution < 1.29 is 9.47 Å². The fraction of sp³-hybridized carbons (Fsp3) is 0.200. The summed E-state index contributed by atoms with van der Waals surface area (Å²) in [4.78, 5) is 0. The fourth-order valence-corrected chi connectivity index (χ4v) is 1.65. The summed E-state index contributed by atoms with van der Waals surface area (Å²) in [5, 5.41) is 0.958. The molecule has 93 valence electrons. The van der Waals surface area contributed by atoms with Gasteiger partial charge in [0.15, 0.2) is 0 Å². The second kappa shape index (κ2) is 7.07. The molecular formula is C15H14BrO2. The van der Waals surface area contributed by atoms with E-state index in [-0.39, 0.29) is 0 Å². The average Bonchev–Trinajstić information content (AvgIpc) is 2.42. The van der Waals surface area contributed by atoms with E-state index in [1.165, 1.54) is 0 Å². The highest BCUT2D eigenvalue weighted by Crippen LogP contribution is 2.23. The van der Waals surface area contributed by atoms with Gasteiger partial charge in [0.1, 0.15) is 17.2 Å². The molecule has 0 aliphatic heterocycles. The van der Waals surface area contributed by atoms with E-state index in [1.54, 1.807) is 0 Å². The van der Waals surface area contributed by atoms with Crippen LogP contribution in [0, 0.1) is 6.07 Å². The molecule has 0 heterocycles. The molecule has 0 N–H and O–H groups in total. The largest absolute Gasteiger partial charge is 0.494 e. The lowest BCUT2D eigenvalue weighted by Gasteiger charge is -2.07. The van der Waals surface area contributed by atoms with Crippen molar-refractivity contribution in [3.8, 4) is 17.2 Å². The average molecular weight is 306 g/mol. The Balaban J connectivity index is 1.91. The van der Waals surface area contributed by atoms with Gasteiger partial charge >= 0.3 is 0 Å². The Morgan fingerprint density at radius 3 is 2.17 bits per heavy atom. The lowest BCUT2D eigenvalue weighted by molar-refractivity contribution is 0.318. The minimum absolute atomic E-state index is 0.722. The molecule has 2 aromatic carbocycles. The lowest BCUT2D eigenvalue weighted by atomic mass is 10.3. The topological polar surface area (TPSA) is 18.5 Å². The number of ether oxygens (including phenoxy) is 2. The van der Waals surface area contributed by atoms with Crippen molar-refractivity contribution in [3.63, 3.8) is 0 Å². The van der Waals surface area contributed by atoms with Gasteiger partial charge in [-0.15, -0.1) is 0 Å². The Morgan fingerprint density at radius 2 is 1.50 bits per heavy atom. The third kappa shape index (κ3) is 4.08. The first-order chi connectivity index (χ1) is 8.88. The van der Waals surface area contributed by atoms with Crippen LogP contribution in [0.2, 0.25) is 0 Å². The molecule has 0 spiro atoms. The number of rotatable bonds is 6. The summed E-state index contributed by atoms with van der Waals surface area (Å²) in [6.07, 6.45) is 0.999. The Labute approximate surface area is 116 Å². The molecule has 18 heavy (non-hydrogen) atoms. The summed E-state index contributed by atoms with van der Waals surface area (Å²) in [6, 6.07) is 18.0. The molecule has 3 heteroatoms. The molecule has 0 aromatic heterocycles. The van der Waals surface area contributed by atoms with Crippen LogP contribution in [-0.4, -0.2) is 11.9 Å². The van der Waals surface area contributed by atoms with Gasteiger partial charge in [0.05, 0.1) is 6.61 Å². The standard InChI is InChI=1S/C15H14BrO2/c16-11-4-12-17-13-7-9-15(10-8-13)18-14-5-2-1-3-6-14/h2-3,5-10H,4,11-12H2. The van der Waals surface area contributed by atoms with Crippen molar-refractivity contribution in [1.82, 2.24) is 0 Å². The molecule has 0 aliphatic rings. The van der Waals surface area contributed by atoms with Crippen molar-refractivity contribution in [3.05, 3.63) is 54.6 Å². The summed E-state index contributed by atoms with van der Waals surface area (Å²) < 4.78 is 11.2. The third-order valence-electron chi connectivity index (χ3n) is 2.29. The van der Waals surface area contributed by atoms with E-state index in [2.05, 4.69) is 22.0 Å². The maximum atomic E-state index is 5.68. The van der Waals surface area contributed by atoms with E-state index in [4.69, 9.17) is 9.47 Å². The van der Waals surface area contributed by atoms with Crippen LogP contribution in [0.25, 0.3) is 0 Å². The van der Waals surface area contributed by atoms with E-state index >= 15 is 0 Å². The highest BCUT2D eigenvalue weighted by molar-refractivity contribution is 9.09. The first-order valence-corrected chi connectivity index (χ1v) is 6.93. The van der Waals surface area contributed by atoms with Crippen LogP contribution in [0.1, 0.15) is 6.42 Å². The van der Waals surface area contributed by atoms with Crippen molar-refractivity contribution in [1.29, 1.82) is 0 Å². The third-order valence-corrected chi connectivity index (χ3v) is 2.85. The molecule has 2 aromatic rings. The zero-order valence-corrected chi connectivity index (χ0v) is 11.5. The van der Waals surface area contributed by atoms with Gasteiger partial charge in [-0.05, 0) is 48.9 Å². The van der Waals surface area contributed by atoms with E-state index < -0.39 is 0 Å². The van der Waals surface area contributed by atoms with Gasteiger partial charge in [-0.25, -0.2) is 0 Å². The molecule has 2 nitrogen and oxygen atoms in total. The van der Waals surface area contributed by atoms with Crippen molar-refractivity contribution in [2.45, 2.75) is 6.42 Å². The van der Waals surface area contributed by atoms with Crippen LogP contribution < -0.4 is 9.47 Å². The quantitative estimate of drug-likeness (QED) is 0.580. The molecule has 0 atom stereocenters. The van der Waals surface area contributed by atoms with Gasteiger partial charge in [0.25, 0.3) is 0 Å². The van der Waals surface area contributed by atoms with E-state index in [0.717, 1.165) is 35.6 Å². The van der Waals surface area contributed by atoms with Crippen LogP contribution in [0.4, 0.5) is 0 Å². The van der Waals surface area contributed by atoms with Crippen molar-refractivity contribution in [2.24, 2.45) is 0 Å². The molecule has 0 aliphatic carbocycles. The molecule has 2 rings (SSSR count). The van der Waals surface area contributed by atoms with Gasteiger partial charge in [0.2, 0.25) is 0 Å². The first kappa shape index (κ1) is 13.0. The van der Waals surface area contributed by atoms with Gasteiger partial charge in [-0.1, -0.05) is 28.1 Å². The molecular weight excluding hydrogens is 292 g/mol. The summed E-state index contributed by atoms with van der Waals surface area (Å²) >= 11 is 3.37. The minimum Gasteiger partial charge on any atom is -0.494 e. The Hall–Kier alpha value is -1.48. The van der Waals surface area contributed by atoms with Gasteiger partial charge in [-0.2, -0.15) is 0 Å². The predicted molar refractivity (Wildman–Crippen MR) is 75.7 cm³/mol. The molecule has 0 bridgehead atoms. The van der Waals surface area contributed by atoms with Crippen LogP contribution in [0.5, 0.6) is 17.2 Å². The number of alkyl halides is 1. The molecule has 0 saturated heterocycles. The first-order valence-electron chi connectivity index (χ1n) is 5.81. The maximum absolute atomic E-state index is 5.68. The van der Waals surface area contributed by atoms with Crippen molar-refractivity contribution in [2.75, 3.05) is 11.9 Å². The normalized spacial score (nSPS) is 10.1. The van der Waals surface area contributed by atoms with Crippen LogP contribution in [-0.2, 0) is 0 Å². The molecule has 0 fully saturated rings. The van der Waals surface area contributed by atoms with Crippen LogP contribution in [0.15, 0.2) is 48.5 Å². The zero-order valence-electron chi connectivity index (χ0n) is 9.93. The molecule has 1 radical (unpaired) electrons.